The van der Waals surface area contributed by atoms with Crippen molar-refractivity contribution >= 4 is 27.8 Å². The third kappa shape index (κ3) is 5.30. The fourth-order valence-corrected chi connectivity index (χ4v) is 1.96. The van der Waals surface area contributed by atoms with E-state index in [-0.39, 0.29) is 12.6 Å². The minimum atomic E-state index is -1.28. The Balaban J connectivity index is 2.49. The van der Waals surface area contributed by atoms with Crippen molar-refractivity contribution in [3.05, 3.63) is 34.3 Å². The van der Waals surface area contributed by atoms with Crippen molar-refractivity contribution in [2.24, 2.45) is 5.73 Å². The number of benzene rings is 1. The molecule has 1 rings (SSSR count). The van der Waals surface area contributed by atoms with Crippen LogP contribution < -0.4 is 11.1 Å². The van der Waals surface area contributed by atoms with Crippen LogP contribution in [0.5, 0.6) is 0 Å². The van der Waals surface area contributed by atoms with Gasteiger partial charge in [0.2, 0.25) is 5.91 Å². The second kappa shape index (κ2) is 8.01. The number of carbonyl (C=O) groups is 2. The number of carbonyl (C=O) groups excluding carboxylic acids is 2. The summed E-state index contributed by atoms with van der Waals surface area (Å²) in [7, 11) is 0. The van der Waals surface area contributed by atoms with Crippen LogP contribution in [0, 0.1) is 0 Å². The van der Waals surface area contributed by atoms with Gasteiger partial charge in [-0.3, -0.25) is 4.79 Å². The number of ether oxygens (including phenoxy) is 1. The maximum Gasteiger partial charge on any atom is 0.332 e. The number of nitrogens with two attached hydrogens (primary N) is 1. The molecule has 5 nitrogen and oxygen atoms in total. The van der Waals surface area contributed by atoms with Gasteiger partial charge in [-0.2, -0.15) is 0 Å². The van der Waals surface area contributed by atoms with Crippen molar-refractivity contribution in [2.45, 2.75) is 32.4 Å². The van der Waals surface area contributed by atoms with E-state index in [2.05, 4.69) is 21.2 Å². The Labute approximate surface area is 127 Å². The standard InChI is InChI=1S/C14H19BrN2O3/c1-3-20-14(19)12(16)13(18)17-9(2)8-10-4-6-11(15)7-5-10/h4-7,9,12H,3,8,16H2,1-2H3,(H,17,18). The van der Waals surface area contributed by atoms with E-state index >= 15 is 0 Å². The minimum absolute atomic E-state index is 0.121. The molecule has 0 aromatic heterocycles. The fraction of sp³-hybridized carbons (Fsp3) is 0.429. The van der Waals surface area contributed by atoms with E-state index in [1.807, 2.05) is 31.2 Å². The third-order valence-electron chi connectivity index (χ3n) is 2.67. The summed E-state index contributed by atoms with van der Waals surface area (Å²) in [4.78, 5) is 23.1. The average Bonchev–Trinajstić information content (AvgIpc) is 2.40. The summed E-state index contributed by atoms with van der Waals surface area (Å²) in [6, 6.07) is 6.42. The monoisotopic (exact) mass is 342 g/mol. The van der Waals surface area contributed by atoms with Crippen LogP contribution in [0.25, 0.3) is 0 Å². The van der Waals surface area contributed by atoms with E-state index < -0.39 is 17.9 Å². The van der Waals surface area contributed by atoms with Crippen molar-refractivity contribution in [1.29, 1.82) is 0 Å². The molecule has 3 N–H and O–H groups in total. The van der Waals surface area contributed by atoms with Gasteiger partial charge in [0.25, 0.3) is 0 Å². The molecule has 0 aliphatic carbocycles. The van der Waals surface area contributed by atoms with Crippen LogP contribution in [0.3, 0.4) is 0 Å². The van der Waals surface area contributed by atoms with Crippen molar-refractivity contribution in [1.82, 2.24) is 5.32 Å². The first kappa shape index (κ1) is 16.7. The van der Waals surface area contributed by atoms with Crippen LogP contribution in [0.2, 0.25) is 0 Å². The summed E-state index contributed by atoms with van der Waals surface area (Å²) >= 11 is 3.36. The number of nitrogens with one attached hydrogen (secondary N) is 1. The Hall–Kier alpha value is -1.40. The Bertz CT molecular complexity index is 462. The zero-order valence-electron chi connectivity index (χ0n) is 11.6. The molecule has 1 aromatic carbocycles. The summed E-state index contributed by atoms with van der Waals surface area (Å²) in [5.41, 5.74) is 6.60. The Morgan fingerprint density at radius 3 is 2.50 bits per heavy atom. The smallest absolute Gasteiger partial charge is 0.332 e. The van der Waals surface area contributed by atoms with Crippen LogP contribution in [0.15, 0.2) is 28.7 Å². The number of halogens is 1. The maximum atomic E-state index is 11.8. The van der Waals surface area contributed by atoms with Crippen molar-refractivity contribution in [2.75, 3.05) is 6.61 Å². The number of amides is 1. The molecule has 0 fully saturated rings. The minimum Gasteiger partial charge on any atom is -0.464 e. The van der Waals surface area contributed by atoms with Crippen LogP contribution in [0.1, 0.15) is 19.4 Å². The predicted molar refractivity (Wildman–Crippen MR) is 80.1 cm³/mol. The van der Waals surface area contributed by atoms with Gasteiger partial charge in [0.1, 0.15) is 0 Å². The second-order valence-electron chi connectivity index (χ2n) is 4.47. The third-order valence-corrected chi connectivity index (χ3v) is 3.20. The van der Waals surface area contributed by atoms with Crippen molar-refractivity contribution < 1.29 is 14.3 Å². The number of rotatable bonds is 6. The lowest BCUT2D eigenvalue weighted by atomic mass is 10.1. The highest BCUT2D eigenvalue weighted by molar-refractivity contribution is 9.10. The van der Waals surface area contributed by atoms with Crippen LogP contribution in [-0.4, -0.2) is 30.6 Å². The Morgan fingerprint density at radius 2 is 1.95 bits per heavy atom. The van der Waals surface area contributed by atoms with Gasteiger partial charge >= 0.3 is 5.97 Å². The SMILES string of the molecule is CCOC(=O)C(N)C(=O)NC(C)Cc1ccc(Br)cc1. The van der Waals surface area contributed by atoms with E-state index in [0.29, 0.717) is 6.42 Å². The quantitative estimate of drug-likeness (QED) is 0.604. The summed E-state index contributed by atoms with van der Waals surface area (Å²) in [5.74, 6) is -1.23. The zero-order valence-corrected chi connectivity index (χ0v) is 13.1. The zero-order chi connectivity index (χ0) is 15.1. The van der Waals surface area contributed by atoms with Crippen molar-refractivity contribution in [3.8, 4) is 0 Å². The highest BCUT2D eigenvalue weighted by Gasteiger charge is 2.24. The Morgan fingerprint density at radius 1 is 1.35 bits per heavy atom. The number of hydrogen-bond acceptors (Lipinski definition) is 4. The Kier molecular flexibility index (Phi) is 6.67. The average molecular weight is 343 g/mol. The first-order valence-corrected chi connectivity index (χ1v) is 7.20. The van der Waals surface area contributed by atoms with Gasteiger partial charge in [0, 0.05) is 10.5 Å². The molecule has 110 valence electrons. The highest BCUT2D eigenvalue weighted by Crippen LogP contribution is 2.11. The maximum absolute atomic E-state index is 11.8. The van der Waals surface area contributed by atoms with Gasteiger partial charge in [0.15, 0.2) is 6.04 Å². The van der Waals surface area contributed by atoms with Crippen LogP contribution in [0.4, 0.5) is 0 Å². The first-order chi connectivity index (χ1) is 9.43. The van der Waals surface area contributed by atoms with Gasteiger partial charge in [-0.25, -0.2) is 4.79 Å². The summed E-state index contributed by atoms with van der Waals surface area (Å²) in [5, 5.41) is 2.71. The van der Waals surface area contributed by atoms with E-state index in [9.17, 15) is 9.59 Å². The van der Waals surface area contributed by atoms with Crippen LogP contribution in [-0.2, 0) is 20.7 Å². The first-order valence-electron chi connectivity index (χ1n) is 6.41. The number of esters is 1. The molecule has 0 aliphatic rings. The molecule has 0 bridgehead atoms. The molecule has 0 saturated carbocycles. The molecule has 0 spiro atoms. The van der Waals surface area contributed by atoms with Gasteiger partial charge < -0.3 is 15.8 Å². The summed E-state index contributed by atoms with van der Waals surface area (Å²) in [6.07, 6.45) is 0.661. The van der Waals surface area contributed by atoms with E-state index in [1.54, 1.807) is 6.92 Å². The lowest BCUT2D eigenvalue weighted by Gasteiger charge is -2.17. The van der Waals surface area contributed by atoms with Crippen molar-refractivity contribution in [3.63, 3.8) is 0 Å². The molecular weight excluding hydrogens is 324 g/mol. The molecule has 1 amide bonds. The molecule has 2 atom stereocenters. The van der Waals surface area contributed by atoms with Crippen LogP contribution >= 0.6 is 15.9 Å². The largest absolute Gasteiger partial charge is 0.464 e. The molecule has 6 heteroatoms. The van der Waals surface area contributed by atoms with E-state index in [0.717, 1.165) is 10.0 Å². The molecule has 20 heavy (non-hydrogen) atoms. The molecule has 2 unspecified atom stereocenters. The highest BCUT2D eigenvalue weighted by atomic mass is 79.9. The molecule has 0 aliphatic heterocycles. The topological polar surface area (TPSA) is 81.4 Å². The van der Waals surface area contributed by atoms with E-state index in [4.69, 9.17) is 10.5 Å². The van der Waals surface area contributed by atoms with Gasteiger partial charge in [0.05, 0.1) is 6.61 Å². The molecule has 0 radical (unpaired) electrons. The predicted octanol–water partition coefficient (Wildman–Crippen LogP) is 1.39. The fourth-order valence-electron chi connectivity index (χ4n) is 1.70. The summed E-state index contributed by atoms with van der Waals surface area (Å²) < 4.78 is 5.71. The van der Waals surface area contributed by atoms with Gasteiger partial charge in [-0.15, -0.1) is 0 Å². The molecular formula is C14H19BrN2O3. The molecule has 0 heterocycles. The lowest BCUT2D eigenvalue weighted by molar-refractivity contribution is -0.148. The number of hydrogen-bond donors (Lipinski definition) is 2. The van der Waals surface area contributed by atoms with Gasteiger partial charge in [-0.05, 0) is 38.0 Å². The van der Waals surface area contributed by atoms with Gasteiger partial charge in [-0.1, -0.05) is 28.1 Å². The van der Waals surface area contributed by atoms with E-state index in [1.165, 1.54) is 0 Å². The summed E-state index contributed by atoms with van der Waals surface area (Å²) in [6.45, 7) is 3.73. The molecule has 1 aromatic rings. The lowest BCUT2D eigenvalue weighted by Crippen LogP contribution is -2.49. The second-order valence-corrected chi connectivity index (χ2v) is 5.39. The normalized spacial score (nSPS) is 13.4. The molecule has 0 saturated heterocycles.